The number of nitrogens with zero attached hydrogens (tertiary/aromatic N) is 2. The minimum atomic E-state index is -0.402. The van der Waals surface area contributed by atoms with Crippen LogP contribution < -0.4 is 15.6 Å². The van der Waals surface area contributed by atoms with Crippen molar-refractivity contribution in [1.29, 1.82) is 0 Å². The number of benzene rings is 2. The van der Waals surface area contributed by atoms with Gasteiger partial charge in [0, 0.05) is 18.7 Å². The average Bonchev–Trinajstić information content (AvgIpc) is 2.74. The number of hydrogen-bond acceptors (Lipinski definition) is 5. The van der Waals surface area contributed by atoms with E-state index in [1.165, 1.54) is 11.8 Å². The number of aromatic nitrogens is 2. The van der Waals surface area contributed by atoms with Gasteiger partial charge in [-0.2, -0.15) is 0 Å². The fraction of sp³-hybridized carbons (Fsp3) is 0.318. The first-order chi connectivity index (χ1) is 14.0. The molecule has 0 saturated heterocycles. The van der Waals surface area contributed by atoms with E-state index < -0.39 is 5.25 Å². The van der Waals surface area contributed by atoms with Crippen molar-refractivity contribution in [3.63, 3.8) is 0 Å². The highest BCUT2D eigenvalue weighted by molar-refractivity contribution is 8.00. The summed E-state index contributed by atoms with van der Waals surface area (Å²) in [5.74, 6) is 0.618. The highest BCUT2D eigenvalue weighted by Gasteiger charge is 2.19. The van der Waals surface area contributed by atoms with E-state index in [0.717, 1.165) is 17.7 Å². The zero-order chi connectivity index (χ0) is 20.8. The minimum absolute atomic E-state index is 0.0680. The number of amides is 1. The third-order valence-electron chi connectivity index (χ3n) is 4.57. The molecule has 152 valence electrons. The second kappa shape index (κ2) is 9.60. The van der Waals surface area contributed by atoms with Gasteiger partial charge in [0.1, 0.15) is 5.75 Å². The summed E-state index contributed by atoms with van der Waals surface area (Å²) < 4.78 is 6.99. The molecule has 2 aromatic carbocycles. The van der Waals surface area contributed by atoms with E-state index in [-0.39, 0.29) is 11.5 Å². The Morgan fingerprint density at radius 1 is 1.21 bits per heavy atom. The molecule has 0 radical (unpaired) electrons. The molecule has 1 amide bonds. The highest BCUT2D eigenvalue weighted by atomic mass is 32.2. The number of ether oxygens (including phenoxy) is 1. The lowest BCUT2D eigenvalue weighted by molar-refractivity contribution is -0.120. The minimum Gasteiger partial charge on any atom is -0.496 e. The summed E-state index contributed by atoms with van der Waals surface area (Å²) in [5.41, 5.74) is 1.49. The lowest BCUT2D eigenvalue weighted by Crippen LogP contribution is -2.31. The van der Waals surface area contributed by atoms with Crippen LogP contribution in [0, 0.1) is 0 Å². The molecule has 1 atom stereocenters. The molecule has 0 spiro atoms. The van der Waals surface area contributed by atoms with Crippen LogP contribution >= 0.6 is 11.8 Å². The fourth-order valence-electron chi connectivity index (χ4n) is 3.05. The van der Waals surface area contributed by atoms with Gasteiger partial charge in [0.05, 0.1) is 23.3 Å². The molecule has 1 unspecified atom stereocenters. The van der Waals surface area contributed by atoms with E-state index in [2.05, 4.69) is 10.3 Å². The molecule has 3 aromatic rings. The Morgan fingerprint density at radius 2 is 1.93 bits per heavy atom. The van der Waals surface area contributed by atoms with Crippen LogP contribution in [-0.4, -0.2) is 27.8 Å². The zero-order valence-electron chi connectivity index (χ0n) is 16.8. The number of nitrogens with one attached hydrogen (secondary N) is 1. The number of rotatable bonds is 8. The Bertz CT molecular complexity index is 1060. The van der Waals surface area contributed by atoms with Crippen molar-refractivity contribution in [2.75, 3.05) is 7.11 Å². The molecular formula is C22H25N3O3S. The predicted octanol–water partition coefficient (Wildman–Crippen LogP) is 3.61. The lowest BCUT2D eigenvalue weighted by Gasteiger charge is -2.16. The Hall–Kier alpha value is -2.80. The van der Waals surface area contributed by atoms with Crippen LogP contribution in [-0.2, 0) is 17.9 Å². The Kier molecular flexibility index (Phi) is 6.93. The predicted molar refractivity (Wildman–Crippen MR) is 116 cm³/mol. The maximum absolute atomic E-state index is 12.9. The topological polar surface area (TPSA) is 73.2 Å². The molecule has 0 aliphatic rings. The van der Waals surface area contributed by atoms with Crippen LogP contribution in [0.25, 0.3) is 10.9 Å². The summed E-state index contributed by atoms with van der Waals surface area (Å²) in [6, 6.07) is 14.9. The van der Waals surface area contributed by atoms with E-state index in [1.54, 1.807) is 17.7 Å². The molecule has 1 aromatic heterocycles. The van der Waals surface area contributed by atoms with E-state index in [4.69, 9.17) is 4.74 Å². The summed E-state index contributed by atoms with van der Waals surface area (Å²) in [6.07, 6.45) is 0.807. The smallest absolute Gasteiger partial charge is 0.262 e. The molecule has 0 aliphatic heterocycles. The SMILES string of the molecule is CCCn1c(SC(C)C(=O)NCc2ccccc2OC)nc2ccccc2c1=O. The van der Waals surface area contributed by atoms with E-state index >= 15 is 0 Å². The number of thioether (sulfide) groups is 1. The second-order valence-electron chi connectivity index (χ2n) is 6.66. The van der Waals surface area contributed by atoms with Crippen molar-refractivity contribution in [1.82, 2.24) is 14.9 Å². The Morgan fingerprint density at radius 3 is 2.69 bits per heavy atom. The first-order valence-electron chi connectivity index (χ1n) is 9.61. The maximum atomic E-state index is 12.9. The van der Waals surface area contributed by atoms with Gasteiger partial charge in [-0.15, -0.1) is 0 Å². The maximum Gasteiger partial charge on any atom is 0.262 e. The van der Waals surface area contributed by atoms with Crippen LogP contribution in [0.1, 0.15) is 25.8 Å². The van der Waals surface area contributed by atoms with Crippen LogP contribution in [0.5, 0.6) is 5.75 Å². The molecule has 0 aliphatic carbocycles. The summed E-state index contributed by atoms with van der Waals surface area (Å²) >= 11 is 1.30. The van der Waals surface area contributed by atoms with E-state index in [0.29, 0.717) is 29.1 Å². The van der Waals surface area contributed by atoms with Gasteiger partial charge < -0.3 is 10.1 Å². The number of fused-ring (bicyclic) bond motifs is 1. The molecule has 7 heteroatoms. The van der Waals surface area contributed by atoms with Gasteiger partial charge in [0.15, 0.2) is 5.16 Å². The number of para-hydroxylation sites is 2. The van der Waals surface area contributed by atoms with Crippen LogP contribution in [0.2, 0.25) is 0 Å². The Balaban J connectivity index is 1.78. The van der Waals surface area contributed by atoms with Gasteiger partial charge in [0.2, 0.25) is 5.91 Å². The summed E-state index contributed by atoms with van der Waals surface area (Å²) in [5, 5.41) is 3.70. The number of hydrogen-bond donors (Lipinski definition) is 1. The van der Waals surface area contributed by atoms with Crippen LogP contribution in [0.4, 0.5) is 0 Å². The van der Waals surface area contributed by atoms with Crippen LogP contribution in [0.3, 0.4) is 0 Å². The van der Waals surface area contributed by atoms with Gasteiger partial charge in [-0.3, -0.25) is 14.2 Å². The molecule has 0 fully saturated rings. The van der Waals surface area contributed by atoms with Crippen molar-refractivity contribution >= 4 is 28.6 Å². The first kappa shape index (κ1) is 20.9. The molecule has 0 bridgehead atoms. The molecule has 1 heterocycles. The van der Waals surface area contributed by atoms with Crippen molar-refractivity contribution in [3.8, 4) is 5.75 Å². The third kappa shape index (κ3) is 4.79. The molecule has 3 rings (SSSR count). The van der Waals surface area contributed by atoms with Crippen molar-refractivity contribution in [3.05, 3.63) is 64.4 Å². The molecule has 6 nitrogen and oxygen atoms in total. The van der Waals surface area contributed by atoms with E-state index in [9.17, 15) is 9.59 Å². The first-order valence-corrected chi connectivity index (χ1v) is 10.5. The molecule has 1 N–H and O–H groups in total. The summed E-state index contributed by atoms with van der Waals surface area (Å²) in [6.45, 7) is 4.77. The average molecular weight is 412 g/mol. The van der Waals surface area contributed by atoms with Gasteiger partial charge in [0.25, 0.3) is 5.56 Å². The van der Waals surface area contributed by atoms with Gasteiger partial charge in [-0.25, -0.2) is 4.98 Å². The standard InChI is InChI=1S/C22H25N3O3S/c1-4-13-25-21(27)17-10-6-7-11-18(17)24-22(25)29-15(2)20(26)23-14-16-9-5-8-12-19(16)28-3/h5-12,15H,4,13-14H2,1-3H3,(H,23,26). The molecule has 0 saturated carbocycles. The van der Waals surface area contributed by atoms with Gasteiger partial charge in [-0.1, -0.05) is 49.0 Å². The largest absolute Gasteiger partial charge is 0.496 e. The van der Waals surface area contributed by atoms with E-state index in [1.807, 2.05) is 56.3 Å². The lowest BCUT2D eigenvalue weighted by atomic mass is 10.2. The van der Waals surface area contributed by atoms with Crippen molar-refractivity contribution in [2.45, 2.75) is 43.8 Å². The highest BCUT2D eigenvalue weighted by Crippen LogP contribution is 2.23. The fourth-order valence-corrected chi connectivity index (χ4v) is 4.00. The second-order valence-corrected chi connectivity index (χ2v) is 7.97. The summed E-state index contributed by atoms with van der Waals surface area (Å²) in [4.78, 5) is 30.2. The number of carbonyl (C=O) groups excluding carboxylic acids is 1. The number of methoxy groups -OCH3 is 1. The van der Waals surface area contributed by atoms with Gasteiger partial charge in [-0.05, 0) is 31.5 Å². The Labute approximate surface area is 174 Å². The third-order valence-corrected chi connectivity index (χ3v) is 5.66. The van der Waals surface area contributed by atoms with Crippen molar-refractivity contribution < 1.29 is 9.53 Å². The summed E-state index contributed by atoms with van der Waals surface area (Å²) in [7, 11) is 1.61. The zero-order valence-corrected chi connectivity index (χ0v) is 17.7. The normalized spacial score (nSPS) is 12.0. The quantitative estimate of drug-likeness (QED) is 0.453. The number of carbonyl (C=O) groups is 1. The molecule has 29 heavy (non-hydrogen) atoms. The van der Waals surface area contributed by atoms with Gasteiger partial charge >= 0.3 is 0 Å². The van der Waals surface area contributed by atoms with Crippen LogP contribution in [0.15, 0.2) is 58.5 Å². The van der Waals surface area contributed by atoms with Crippen molar-refractivity contribution in [2.24, 2.45) is 0 Å². The monoisotopic (exact) mass is 411 g/mol. The molecular weight excluding hydrogens is 386 g/mol.